The van der Waals surface area contributed by atoms with Crippen molar-refractivity contribution in [3.63, 3.8) is 0 Å². The van der Waals surface area contributed by atoms with Gasteiger partial charge >= 0.3 is 17.9 Å². The van der Waals surface area contributed by atoms with Crippen molar-refractivity contribution in [1.82, 2.24) is 0 Å². The predicted octanol–water partition coefficient (Wildman–Crippen LogP) is 21.2. The van der Waals surface area contributed by atoms with E-state index in [1.807, 2.05) is 20.8 Å². The summed E-state index contributed by atoms with van der Waals surface area (Å²) < 4.78 is 0. The van der Waals surface area contributed by atoms with E-state index in [0.29, 0.717) is 17.1 Å². The summed E-state index contributed by atoms with van der Waals surface area (Å²) in [5, 5.41) is 13.4. The normalized spacial score (nSPS) is 15.1. The zero-order chi connectivity index (χ0) is 60.4. The van der Waals surface area contributed by atoms with Crippen LogP contribution in [0.15, 0.2) is 70.1 Å². The molecule has 0 aliphatic heterocycles. The van der Waals surface area contributed by atoms with Gasteiger partial charge in [-0.2, -0.15) is 0 Å². The van der Waals surface area contributed by atoms with Crippen LogP contribution in [0, 0.1) is 0 Å². The van der Waals surface area contributed by atoms with Crippen LogP contribution in [0.1, 0.15) is 326 Å². The molecule has 7 rings (SSSR count). The van der Waals surface area contributed by atoms with E-state index < -0.39 is 17.9 Å². The SMILES string of the molecule is CCCCCCC1(CCCCCC)c2cc(C(C)=NOC(C)=O)ccc2-c2c1c1c(c3c2C(CCCCCC)(CCCCCC)c2cc(C(C)=NOC(C)=O)ccc2-3)C(CCCCCC)(CCCCCC)c2cc(C(C)=NOC(C)=O)ccc2-1. The molecule has 0 spiro atoms. The molecule has 0 atom stereocenters. The van der Waals surface area contributed by atoms with Gasteiger partial charge in [0, 0.05) is 37.0 Å². The largest absolute Gasteiger partial charge is 0.331 e. The molecule has 0 N–H and O–H groups in total. The fourth-order valence-corrected chi connectivity index (χ4v) is 15.2. The third-order valence-electron chi connectivity index (χ3n) is 19.3. The Kier molecular flexibility index (Phi) is 24.4. The van der Waals surface area contributed by atoms with Crippen LogP contribution in [0.5, 0.6) is 0 Å². The molecular weight excluding hydrogens is 1040 g/mol. The van der Waals surface area contributed by atoms with Gasteiger partial charge in [-0.05, 0) is 161 Å². The van der Waals surface area contributed by atoms with E-state index in [1.165, 1.54) is 148 Å². The molecule has 0 amide bonds. The van der Waals surface area contributed by atoms with E-state index in [0.717, 1.165) is 132 Å². The Morgan fingerprint density at radius 2 is 0.536 bits per heavy atom. The molecule has 0 saturated heterocycles. The van der Waals surface area contributed by atoms with Gasteiger partial charge in [-0.25, -0.2) is 14.4 Å². The van der Waals surface area contributed by atoms with Gasteiger partial charge in [-0.1, -0.05) is 248 Å². The molecule has 9 nitrogen and oxygen atoms in total. The maximum absolute atomic E-state index is 12.4. The highest BCUT2D eigenvalue weighted by Crippen LogP contribution is 2.71. The second-order valence-electron chi connectivity index (χ2n) is 25.4. The maximum Gasteiger partial charge on any atom is 0.331 e. The Bertz CT molecular complexity index is 2640. The number of nitrogens with zero attached hydrogens (tertiary/aromatic N) is 3. The van der Waals surface area contributed by atoms with E-state index in [2.05, 4.69) is 112 Å². The second-order valence-corrected chi connectivity index (χ2v) is 25.4. The van der Waals surface area contributed by atoms with Crippen LogP contribution in [0.25, 0.3) is 33.4 Å². The molecule has 0 unspecified atom stereocenters. The molecule has 9 heteroatoms. The Morgan fingerprint density at radius 3 is 0.726 bits per heavy atom. The van der Waals surface area contributed by atoms with Crippen LogP contribution in [-0.4, -0.2) is 35.0 Å². The molecule has 0 fully saturated rings. The first-order valence-corrected chi connectivity index (χ1v) is 33.5. The highest BCUT2D eigenvalue weighted by Gasteiger charge is 2.58. The van der Waals surface area contributed by atoms with Crippen LogP contribution in [0.3, 0.4) is 0 Å². The van der Waals surface area contributed by atoms with Gasteiger partial charge in [0.2, 0.25) is 0 Å². The second kappa shape index (κ2) is 31.1. The van der Waals surface area contributed by atoms with E-state index in [9.17, 15) is 14.4 Å². The number of hydrogen-bond acceptors (Lipinski definition) is 9. The molecule has 0 aromatic heterocycles. The van der Waals surface area contributed by atoms with Gasteiger partial charge in [0.15, 0.2) is 0 Å². The van der Waals surface area contributed by atoms with Crippen molar-refractivity contribution in [2.45, 2.75) is 292 Å². The van der Waals surface area contributed by atoms with Crippen molar-refractivity contribution >= 4 is 35.0 Å². The molecule has 0 heterocycles. The van der Waals surface area contributed by atoms with Crippen LogP contribution >= 0.6 is 0 Å². The number of fused-ring (bicyclic) bond motifs is 12. The third kappa shape index (κ3) is 14.2. The Balaban J connectivity index is 1.79. The van der Waals surface area contributed by atoms with E-state index in [1.54, 1.807) is 16.7 Å². The van der Waals surface area contributed by atoms with E-state index >= 15 is 0 Å². The van der Waals surface area contributed by atoms with Crippen LogP contribution in [0.2, 0.25) is 0 Å². The number of carbonyl (C=O) groups excluding carboxylic acids is 3. The monoisotopic (exact) mass is 1140 g/mol. The fraction of sp³-hybridized carbons (Fsp3) is 0.600. The first kappa shape index (κ1) is 65.8. The minimum atomic E-state index is -0.428. The first-order valence-electron chi connectivity index (χ1n) is 33.5. The summed E-state index contributed by atoms with van der Waals surface area (Å²) in [5.41, 5.74) is 21.2. The summed E-state index contributed by atoms with van der Waals surface area (Å²) in [6.07, 6.45) is 33.9. The third-order valence-corrected chi connectivity index (χ3v) is 19.3. The van der Waals surface area contributed by atoms with Crippen LogP contribution in [0.4, 0.5) is 0 Å². The highest BCUT2D eigenvalue weighted by atomic mass is 16.7. The van der Waals surface area contributed by atoms with Gasteiger partial charge in [0.1, 0.15) is 0 Å². The van der Waals surface area contributed by atoms with Crippen molar-refractivity contribution in [3.05, 3.63) is 105 Å². The summed E-state index contributed by atoms with van der Waals surface area (Å²) in [6.45, 7) is 24.2. The lowest BCUT2D eigenvalue weighted by Gasteiger charge is -2.40. The van der Waals surface area contributed by atoms with E-state index in [-0.39, 0.29) is 16.2 Å². The zero-order valence-corrected chi connectivity index (χ0v) is 54.2. The molecule has 0 radical (unpaired) electrons. The summed E-state index contributed by atoms with van der Waals surface area (Å²) in [6, 6.07) is 21.5. The number of hydrogen-bond donors (Lipinski definition) is 0. The quantitative estimate of drug-likeness (QED) is 0.0194. The molecule has 456 valence electrons. The lowest BCUT2D eigenvalue weighted by molar-refractivity contribution is -0.141. The van der Waals surface area contributed by atoms with Gasteiger partial charge in [-0.3, -0.25) is 0 Å². The lowest BCUT2D eigenvalue weighted by atomic mass is 9.63. The maximum atomic E-state index is 12.4. The molecular formula is C75H105N3O6. The molecule has 84 heavy (non-hydrogen) atoms. The Morgan fingerprint density at radius 1 is 0.321 bits per heavy atom. The summed E-state index contributed by atoms with van der Waals surface area (Å²) in [7, 11) is 0. The van der Waals surface area contributed by atoms with Crippen molar-refractivity contribution in [1.29, 1.82) is 0 Å². The van der Waals surface area contributed by atoms with Crippen molar-refractivity contribution in [2.24, 2.45) is 15.5 Å². The van der Waals surface area contributed by atoms with Crippen molar-refractivity contribution < 1.29 is 28.9 Å². The topological polar surface area (TPSA) is 116 Å². The Hall–Kier alpha value is -5.70. The van der Waals surface area contributed by atoms with Crippen LogP contribution in [-0.2, 0) is 45.1 Å². The summed E-state index contributed by atoms with van der Waals surface area (Å²) in [4.78, 5) is 53.3. The molecule has 3 aliphatic rings. The minimum absolute atomic E-state index is 0.352. The van der Waals surface area contributed by atoms with Gasteiger partial charge in [0.05, 0.1) is 17.1 Å². The molecule has 0 bridgehead atoms. The average molecular weight is 1140 g/mol. The number of carbonyl (C=O) groups is 3. The number of oxime groups is 3. The van der Waals surface area contributed by atoms with Crippen LogP contribution < -0.4 is 0 Å². The molecule has 4 aromatic rings. The van der Waals surface area contributed by atoms with Gasteiger partial charge in [0.25, 0.3) is 0 Å². The predicted molar refractivity (Wildman–Crippen MR) is 350 cm³/mol. The van der Waals surface area contributed by atoms with Crippen molar-refractivity contribution in [3.8, 4) is 33.4 Å². The molecule has 0 saturated carbocycles. The highest BCUT2D eigenvalue weighted by molar-refractivity contribution is 6.08. The Labute approximate surface area is 507 Å². The zero-order valence-electron chi connectivity index (χ0n) is 54.2. The van der Waals surface area contributed by atoms with Crippen molar-refractivity contribution in [2.75, 3.05) is 0 Å². The summed E-state index contributed by atoms with van der Waals surface area (Å²) in [5.74, 6) is -1.28. The standard InChI is InChI=1S/C75H105N3O6/c1-13-19-25-31-43-73(44-32-26-20-14-2)64-49-58(52(7)76-82-55(10)79)37-40-61(64)67-70(73)68-62-41-38-59(53(8)77-83-56(11)80)50-65(62)74(45-33-27-21-15-3,46-34-28-22-16-4)72(68)69-63-42-39-60(54(9)78-84-57(12)81)51-66(63)75(71(67)69,47-35-29-23-17-5)48-36-30-24-18-6/h37-42,49-51H,13-36,43-48H2,1-12H3. The van der Waals surface area contributed by atoms with E-state index in [4.69, 9.17) is 14.5 Å². The van der Waals surface area contributed by atoms with Gasteiger partial charge < -0.3 is 14.5 Å². The summed E-state index contributed by atoms with van der Waals surface area (Å²) >= 11 is 0. The fourth-order valence-electron chi connectivity index (χ4n) is 15.2. The smallest absolute Gasteiger partial charge is 0.318 e. The number of rotatable bonds is 36. The van der Waals surface area contributed by atoms with Gasteiger partial charge in [-0.15, -0.1) is 0 Å². The number of benzene rings is 4. The average Bonchev–Trinajstić information content (AvgIpc) is 1.50. The number of unbranched alkanes of at least 4 members (excludes halogenated alkanes) is 18. The first-order chi connectivity index (χ1) is 40.6. The molecule has 3 aliphatic carbocycles. The minimum Gasteiger partial charge on any atom is -0.318 e. The molecule has 4 aromatic carbocycles. The lowest BCUT2D eigenvalue weighted by Crippen LogP contribution is -2.31.